The SMILES string of the molecule is CN1CC(C)(C)CNc2ccc(Br)cc21. The van der Waals surface area contributed by atoms with Gasteiger partial charge in [0.05, 0.1) is 11.4 Å². The molecule has 0 aliphatic carbocycles. The molecular formula is C12H17BrN2. The Morgan fingerprint density at radius 2 is 2.13 bits per heavy atom. The van der Waals surface area contributed by atoms with E-state index in [1.807, 2.05) is 0 Å². The fraction of sp³-hybridized carbons (Fsp3) is 0.500. The molecule has 0 amide bonds. The third-order valence-electron chi connectivity index (χ3n) is 2.79. The van der Waals surface area contributed by atoms with E-state index in [9.17, 15) is 0 Å². The maximum absolute atomic E-state index is 3.52. The lowest BCUT2D eigenvalue weighted by atomic mass is 9.93. The Morgan fingerprint density at radius 3 is 2.87 bits per heavy atom. The van der Waals surface area contributed by atoms with Crippen LogP contribution in [-0.4, -0.2) is 20.1 Å². The highest BCUT2D eigenvalue weighted by Crippen LogP contribution is 2.34. The van der Waals surface area contributed by atoms with Crippen molar-refractivity contribution in [2.75, 3.05) is 30.4 Å². The van der Waals surface area contributed by atoms with Crippen molar-refractivity contribution in [1.29, 1.82) is 0 Å². The van der Waals surface area contributed by atoms with Crippen molar-refractivity contribution in [1.82, 2.24) is 0 Å². The number of rotatable bonds is 0. The van der Waals surface area contributed by atoms with E-state index in [-0.39, 0.29) is 0 Å². The summed E-state index contributed by atoms with van der Waals surface area (Å²) in [5.41, 5.74) is 2.81. The van der Waals surface area contributed by atoms with Crippen molar-refractivity contribution < 1.29 is 0 Å². The molecule has 1 aromatic rings. The zero-order valence-electron chi connectivity index (χ0n) is 9.47. The zero-order chi connectivity index (χ0) is 11.1. The van der Waals surface area contributed by atoms with Gasteiger partial charge in [-0.1, -0.05) is 29.8 Å². The number of halogens is 1. The molecule has 1 aromatic carbocycles. The lowest BCUT2D eigenvalue weighted by molar-refractivity contribution is 0.403. The van der Waals surface area contributed by atoms with Gasteiger partial charge in [-0.3, -0.25) is 0 Å². The topological polar surface area (TPSA) is 15.3 Å². The standard InChI is InChI=1S/C12H17BrN2/c1-12(2)7-14-10-5-4-9(13)6-11(10)15(3)8-12/h4-6,14H,7-8H2,1-3H3. The van der Waals surface area contributed by atoms with E-state index >= 15 is 0 Å². The van der Waals surface area contributed by atoms with Crippen LogP contribution < -0.4 is 10.2 Å². The summed E-state index contributed by atoms with van der Waals surface area (Å²) in [6.45, 7) is 6.67. The summed E-state index contributed by atoms with van der Waals surface area (Å²) in [5, 5.41) is 3.51. The fourth-order valence-corrected chi connectivity index (χ4v) is 2.44. The van der Waals surface area contributed by atoms with E-state index in [1.165, 1.54) is 11.4 Å². The second-order valence-corrected chi connectivity index (χ2v) is 5.95. The molecule has 2 rings (SSSR count). The van der Waals surface area contributed by atoms with Crippen LogP contribution >= 0.6 is 15.9 Å². The molecule has 0 spiro atoms. The van der Waals surface area contributed by atoms with E-state index in [0.29, 0.717) is 5.41 Å². The smallest absolute Gasteiger partial charge is 0.0610 e. The molecule has 0 saturated carbocycles. The Balaban J connectivity index is 2.40. The molecule has 2 nitrogen and oxygen atoms in total. The van der Waals surface area contributed by atoms with Crippen LogP contribution in [0.25, 0.3) is 0 Å². The molecular weight excluding hydrogens is 252 g/mol. The van der Waals surface area contributed by atoms with Crippen LogP contribution in [0.1, 0.15) is 13.8 Å². The van der Waals surface area contributed by atoms with Crippen LogP contribution in [0.4, 0.5) is 11.4 Å². The van der Waals surface area contributed by atoms with Crippen molar-refractivity contribution >= 4 is 27.3 Å². The molecule has 1 N–H and O–H groups in total. The molecule has 0 bridgehead atoms. The maximum Gasteiger partial charge on any atom is 0.0610 e. The quantitative estimate of drug-likeness (QED) is 0.777. The maximum atomic E-state index is 3.52. The molecule has 0 saturated heterocycles. The van der Waals surface area contributed by atoms with E-state index < -0.39 is 0 Å². The van der Waals surface area contributed by atoms with Gasteiger partial charge in [-0.25, -0.2) is 0 Å². The number of fused-ring (bicyclic) bond motifs is 1. The summed E-state index contributed by atoms with van der Waals surface area (Å²) in [6, 6.07) is 6.39. The first-order valence-corrected chi connectivity index (χ1v) is 6.02. The molecule has 1 heterocycles. The normalized spacial score (nSPS) is 19.1. The van der Waals surface area contributed by atoms with E-state index in [4.69, 9.17) is 0 Å². The number of hydrogen-bond acceptors (Lipinski definition) is 2. The Labute approximate surface area is 99.8 Å². The van der Waals surface area contributed by atoms with Gasteiger partial charge in [0, 0.05) is 24.6 Å². The molecule has 0 fully saturated rings. The molecule has 0 unspecified atom stereocenters. The average Bonchev–Trinajstić information content (AvgIpc) is 2.24. The molecule has 3 heteroatoms. The van der Waals surface area contributed by atoms with Gasteiger partial charge >= 0.3 is 0 Å². The van der Waals surface area contributed by atoms with Gasteiger partial charge in [0.1, 0.15) is 0 Å². The van der Waals surface area contributed by atoms with Gasteiger partial charge in [0.2, 0.25) is 0 Å². The van der Waals surface area contributed by atoms with E-state index in [1.54, 1.807) is 0 Å². The first-order chi connectivity index (χ1) is 6.98. The van der Waals surface area contributed by atoms with Gasteiger partial charge in [0.25, 0.3) is 0 Å². The van der Waals surface area contributed by atoms with Crippen LogP contribution in [0.15, 0.2) is 22.7 Å². The highest BCUT2D eigenvalue weighted by atomic mass is 79.9. The third-order valence-corrected chi connectivity index (χ3v) is 3.29. The number of hydrogen-bond donors (Lipinski definition) is 1. The van der Waals surface area contributed by atoms with Crippen molar-refractivity contribution in [2.45, 2.75) is 13.8 Å². The minimum absolute atomic E-state index is 0.306. The number of benzene rings is 1. The average molecular weight is 269 g/mol. The van der Waals surface area contributed by atoms with Crippen LogP contribution in [-0.2, 0) is 0 Å². The fourth-order valence-electron chi connectivity index (χ4n) is 2.09. The Kier molecular flexibility index (Phi) is 2.67. The Morgan fingerprint density at radius 1 is 1.40 bits per heavy atom. The van der Waals surface area contributed by atoms with E-state index in [2.05, 4.69) is 65.2 Å². The monoisotopic (exact) mass is 268 g/mol. The highest BCUT2D eigenvalue weighted by molar-refractivity contribution is 9.10. The van der Waals surface area contributed by atoms with Crippen molar-refractivity contribution in [2.24, 2.45) is 5.41 Å². The number of nitrogens with zero attached hydrogens (tertiary/aromatic N) is 1. The molecule has 15 heavy (non-hydrogen) atoms. The molecule has 0 aromatic heterocycles. The second kappa shape index (κ2) is 3.71. The van der Waals surface area contributed by atoms with E-state index in [0.717, 1.165) is 17.6 Å². The summed E-state index contributed by atoms with van der Waals surface area (Å²) in [6.07, 6.45) is 0. The largest absolute Gasteiger partial charge is 0.383 e. The van der Waals surface area contributed by atoms with Gasteiger partial charge in [0.15, 0.2) is 0 Å². The van der Waals surface area contributed by atoms with Crippen molar-refractivity contribution in [3.05, 3.63) is 22.7 Å². The van der Waals surface area contributed by atoms with Gasteiger partial charge in [-0.2, -0.15) is 0 Å². The second-order valence-electron chi connectivity index (χ2n) is 5.04. The predicted octanol–water partition coefficient (Wildman–Crippen LogP) is 3.34. The van der Waals surface area contributed by atoms with Crippen LogP contribution in [0.2, 0.25) is 0 Å². The summed E-state index contributed by atoms with van der Waals surface area (Å²) in [7, 11) is 2.15. The summed E-state index contributed by atoms with van der Waals surface area (Å²) < 4.78 is 1.13. The third kappa shape index (κ3) is 2.28. The Hall–Kier alpha value is -0.700. The lowest BCUT2D eigenvalue weighted by Gasteiger charge is -2.27. The van der Waals surface area contributed by atoms with Crippen molar-refractivity contribution in [3.63, 3.8) is 0 Å². The van der Waals surface area contributed by atoms with Gasteiger partial charge in [-0.05, 0) is 23.6 Å². The number of anilines is 2. The molecule has 82 valence electrons. The van der Waals surface area contributed by atoms with Crippen molar-refractivity contribution in [3.8, 4) is 0 Å². The zero-order valence-corrected chi connectivity index (χ0v) is 11.1. The minimum atomic E-state index is 0.306. The summed E-state index contributed by atoms with van der Waals surface area (Å²) in [4.78, 5) is 2.32. The minimum Gasteiger partial charge on any atom is -0.383 e. The molecule has 1 aliphatic rings. The number of nitrogens with one attached hydrogen (secondary N) is 1. The summed E-state index contributed by atoms with van der Waals surface area (Å²) in [5.74, 6) is 0. The first kappa shape index (κ1) is 10.8. The van der Waals surface area contributed by atoms with Gasteiger partial charge in [-0.15, -0.1) is 0 Å². The summed E-state index contributed by atoms with van der Waals surface area (Å²) >= 11 is 3.52. The molecule has 0 radical (unpaired) electrons. The first-order valence-electron chi connectivity index (χ1n) is 5.22. The predicted molar refractivity (Wildman–Crippen MR) is 69.7 cm³/mol. The van der Waals surface area contributed by atoms with Gasteiger partial charge < -0.3 is 10.2 Å². The molecule has 1 aliphatic heterocycles. The van der Waals surface area contributed by atoms with Crippen LogP contribution in [0.3, 0.4) is 0 Å². The highest BCUT2D eigenvalue weighted by Gasteiger charge is 2.25. The van der Waals surface area contributed by atoms with Crippen LogP contribution in [0, 0.1) is 5.41 Å². The lowest BCUT2D eigenvalue weighted by Crippen LogP contribution is -2.33. The van der Waals surface area contributed by atoms with Crippen LogP contribution in [0.5, 0.6) is 0 Å². The Bertz CT molecular complexity index is 374. The molecule has 0 atom stereocenters.